The van der Waals surface area contributed by atoms with Gasteiger partial charge in [-0.3, -0.25) is 0 Å². The van der Waals surface area contributed by atoms with Gasteiger partial charge in [-0.15, -0.1) is 0 Å². The van der Waals surface area contributed by atoms with Gasteiger partial charge in [0.25, 0.3) is 0 Å². The van der Waals surface area contributed by atoms with Gasteiger partial charge in [-0.2, -0.15) is 5.10 Å². The second-order valence-corrected chi connectivity index (χ2v) is 5.54. The van der Waals surface area contributed by atoms with E-state index >= 15 is 0 Å². The van der Waals surface area contributed by atoms with E-state index in [0.717, 1.165) is 39.4 Å². The Morgan fingerprint density at radius 3 is 2.75 bits per heavy atom. The Hall–Kier alpha value is -1.66. The SMILES string of the molecule is Cc1nn(-c2nc3ccccn3c2CCN)c(C)c1Br. The lowest BCUT2D eigenvalue weighted by Crippen LogP contribution is -2.10. The number of aryl methyl sites for hydroxylation is 1. The summed E-state index contributed by atoms with van der Waals surface area (Å²) in [6.07, 6.45) is 2.77. The highest BCUT2D eigenvalue weighted by Crippen LogP contribution is 2.25. The Morgan fingerprint density at radius 2 is 2.10 bits per heavy atom. The Morgan fingerprint density at radius 1 is 1.30 bits per heavy atom. The number of hydrogen-bond acceptors (Lipinski definition) is 3. The summed E-state index contributed by atoms with van der Waals surface area (Å²) in [5.74, 6) is 0.855. The molecule has 2 N–H and O–H groups in total. The predicted molar refractivity (Wildman–Crippen MR) is 82.2 cm³/mol. The average Bonchev–Trinajstić information content (AvgIpc) is 2.93. The van der Waals surface area contributed by atoms with Gasteiger partial charge in [0, 0.05) is 12.6 Å². The van der Waals surface area contributed by atoms with Crippen LogP contribution in [0.1, 0.15) is 17.1 Å². The zero-order chi connectivity index (χ0) is 14.3. The number of imidazole rings is 1. The second kappa shape index (κ2) is 5.03. The lowest BCUT2D eigenvalue weighted by molar-refractivity contribution is 0.786. The van der Waals surface area contributed by atoms with Crippen molar-refractivity contribution in [3.05, 3.63) is 46.0 Å². The highest BCUT2D eigenvalue weighted by atomic mass is 79.9. The van der Waals surface area contributed by atoms with Crippen LogP contribution in [0.5, 0.6) is 0 Å². The zero-order valence-electron chi connectivity index (χ0n) is 11.5. The van der Waals surface area contributed by atoms with Crippen LogP contribution in [0.25, 0.3) is 11.5 Å². The summed E-state index contributed by atoms with van der Waals surface area (Å²) in [7, 11) is 0. The number of nitrogens with zero attached hydrogens (tertiary/aromatic N) is 4. The fourth-order valence-corrected chi connectivity index (χ4v) is 2.65. The average molecular weight is 334 g/mol. The molecule has 6 heteroatoms. The van der Waals surface area contributed by atoms with E-state index in [9.17, 15) is 0 Å². The monoisotopic (exact) mass is 333 g/mol. The summed E-state index contributed by atoms with van der Waals surface area (Å²) in [4.78, 5) is 4.70. The van der Waals surface area contributed by atoms with Crippen molar-refractivity contribution in [2.45, 2.75) is 20.3 Å². The van der Waals surface area contributed by atoms with E-state index in [4.69, 9.17) is 10.7 Å². The first kappa shape index (κ1) is 13.3. The van der Waals surface area contributed by atoms with Gasteiger partial charge in [0.1, 0.15) is 5.65 Å². The van der Waals surface area contributed by atoms with Crippen LogP contribution < -0.4 is 5.73 Å². The number of fused-ring (bicyclic) bond motifs is 1. The molecule has 0 aliphatic heterocycles. The molecule has 0 aliphatic rings. The Bertz CT molecular complexity index is 771. The van der Waals surface area contributed by atoms with Crippen molar-refractivity contribution in [1.82, 2.24) is 19.2 Å². The van der Waals surface area contributed by atoms with Crippen LogP contribution in [0.3, 0.4) is 0 Å². The minimum absolute atomic E-state index is 0.580. The van der Waals surface area contributed by atoms with E-state index in [1.807, 2.05) is 42.9 Å². The number of aromatic nitrogens is 4. The van der Waals surface area contributed by atoms with Crippen LogP contribution in [-0.2, 0) is 6.42 Å². The molecule has 0 bridgehead atoms. The molecule has 0 fully saturated rings. The Labute approximate surface area is 125 Å². The summed E-state index contributed by atoms with van der Waals surface area (Å²) in [6.45, 7) is 4.59. The Balaban J connectivity index is 2.29. The second-order valence-electron chi connectivity index (χ2n) is 4.75. The van der Waals surface area contributed by atoms with Crippen molar-refractivity contribution in [3.63, 3.8) is 0 Å². The maximum atomic E-state index is 5.75. The molecule has 0 amide bonds. The molecule has 3 rings (SSSR count). The summed E-state index contributed by atoms with van der Waals surface area (Å²) in [5, 5.41) is 4.57. The van der Waals surface area contributed by atoms with Crippen LogP contribution in [0.15, 0.2) is 28.9 Å². The molecule has 0 saturated heterocycles. The van der Waals surface area contributed by atoms with E-state index in [1.54, 1.807) is 0 Å². The minimum atomic E-state index is 0.580. The highest BCUT2D eigenvalue weighted by molar-refractivity contribution is 9.10. The molecule has 0 saturated carbocycles. The van der Waals surface area contributed by atoms with Gasteiger partial charge in [-0.1, -0.05) is 6.07 Å². The zero-order valence-corrected chi connectivity index (χ0v) is 13.1. The third-order valence-corrected chi connectivity index (χ3v) is 4.54. The fraction of sp³-hybridized carbons (Fsp3) is 0.286. The van der Waals surface area contributed by atoms with Crippen molar-refractivity contribution in [2.24, 2.45) is 5.73 Å². The summed E-state index contributed by atoms with van der Waals surface area (Å²) in [6, 6.07) is 5.97. The molecule has 0 spiro atoms. The lowest BCUT2D eigenvalue weighted by Gasteiger charge is -2.05. The molecule has 0 aliphatic carbocycles. The van der Waals surface area contributed by atoms with Crippen LogP contribution in [0.2, 0.25) is 0 Å². The molecule has 20 heavy (non-hydrogen) atoms. The normalized spacial score (nSPS) is 11.4. The third kappa shape index (κ3) is 1.96. The van der Waals surface area contributed by atoms with Crippen molar-refractivity contribution in [2.75, 3.05) is 6.54 Å². The molecule has 0 atom stereocenters. The van der Waals surface area contributed by atoms with Crippen molar-refractivity contribution < 1.29 is 0 Å². The van der Waals surface area contributed by atoms with Gasteiger partial charge in [0.2, 0.25) is 0 Å². The third-order valence-electron chi connectivity index (χ3n) is 3.39. The van der Waals surface area contributed by atoms with Crippen molar-refractivity contribution >= 4 is 21.6 Å². The van der Waals surface area contributed by atoms with E-state index in [2.05, 4.69) is 25.4 Å². The van der Waals surface area contributed by atoms with Crippen LogP contribution in [-0.4, -0.2) is 25.7 Å². The topological polar surface area (TPSA) is 61.1 Å². The number of halogens is 1. The summed E-state index contributed by atoms with van der Waals surface area (Å²) in [5.41, 5.74) is 9.75. The largest absolute Gasteiger partial charge is 0.330 e. The number of nitrogens with two attached hydrogens (primary N) is 1. The first-order valence-corrected chi connectivity index (χ1v) is 7.31. The molecule has 3 heterocycles. The fourth-order valence-electron chi connectivity index (χ4n) is 2.40. The molecule has 3 aromatic rings. The van der Waals surface area contributed by atoms with Gasteiger partial charge >= 0.3 is 0 Å². The summed E-state index contributed by atoms with van der Waals surface area (Å²) >= 11 is 3.56. The van der Waals surface area contributed by atoms with Gasteiger partial charge in [0.05, 0.1) is 21.6 Å². The van der Waals surface area contributed by atoms with E-state index < -0.39 is 0 Å². The number of pyridine rings is 1. The maximum Gasteiger partial charge on any atom is 0.175 e. The molecule has 3 aromatic heterocycles. The highest BCUT2D eigenvalue weighted by Gasteiger charge is 2.18. The van der Waals surface area contributed by atoms with Gasteiger partial charge in [0.15, 0.2) is 5.82 Å². The van der Waals surface area contributed by atoms with E-state index in [-0.39, 0.29) is 0 Å². The summed E-state index contributed by atoms with van der Waals surface area (Å²) < 4.78 is 4.98. The Kier molecular flexibility index (Phi) is 3.35. The maximum absolute atomic E-state index is 5.75. The molecular formula is C14H16BrN5. The molecule has 0 unspecified atom stereocenters. The van der Waals surface area contributed by atoms with Crippen molar-refractivity contribution in [3.8, 4) is 5.82 Å². The van der Waals surface area contributed by atoms with E-state index in [1.165, 1.54) is 0 Å². The first-order valence-electron chi connectivity index (χ1n) is 6.51. The molecule has 104 valence electrons. The first-order chi connectivity index (χ1) is 9.63. The quantitative estimate of drug-likeness (QED) is 0.800. The lowest BCUT2D eigenvalue weighted by atomic mass is 10.3. The van der Waals surface area contributed by atoms with E-state index in [0.29, 0.717) is 6.54 Å². The van der Waals surface area contributed by atoms with Gasteiger partial charge < -0.3 is 10.1 Å². The van der Waals surface area contributed by atoms with Crippen LogP contribution >= 0.6 is 15.9 Å². The predicted octanol–water partition coefficient (Wildman–Crippen LogP) is 2.40. The molecule has 0 radical (unpaired) electrons. The van der Waals surface area contributed by atoms with Gasteiger partial charge in [-0.05, 0) is 48.5 Å². The molecule has 0 aromatic carbocycles. The minimum Gasteiger partial charge on any atom is -0.330 e. The standard InChI is InChI=1S/C14H16BrN5/c1-9-13(15)10(2)20(18-9)14-11(6-7-16)19-8-4-3-5-12(19)17-14/h3-5,8H,6-7,16H2,1-2H3. The van der Waals surface area contributed by atoms with Gasteiger partial charge in [-0.25, -0.2) is 9.67 Å². The van der Waals surface area contributed by atoms with Crippen LogP contribution in [0, 0.1) is 13.8 Å². The molecular weight excluding hydrogens is 318 g/mol. The van der Waals surface area contributed by atoms with Crippen LogP contribution in [0.4, 0.5) is 0 Å². The number of rotatable bonds is 3. The smallest absolute Gasteiger partial charge is 0.175 e. The molecule has 5 nitrogen and oxygen atoms in total. The van der Waals surface area contributed by atoms with Crippen molar-refractivity contribution in [1.29, 1.82) is 0 Å². The number of hydrogen-bond donors (Lipinski definition) is 1.